The van der Waals surface area contributed by atoms with Crippen LogP contribution in [0.15, 0.2) is 23.1 Å². The van der Waals surface area contributed by atoms with E-state index >= 15 is 0 Å². The third-order valence-electron chi connectivity index (χ3n) is 3.56. The Kier molecular flexibility index (Phi) is 5.24. The summed E-state index contributed by atoms with van der Waals surface area (Å²) in [5, 5.41) is 0.512. The van der Waals surface area contributed by atoms with Crippen LogP contribution >= 0.6 is 11.6 Å². The summed E-state index contributed by atoms with van der Waals surface area (Å²) in [6.07, 6.45) is 3.09. The van der Waals surface area contributed by atoms with E-state index in [1.807, 2.05) is 0 Å². The molecular formula is C14H19ClN2O3S. The summed E-state index contributed by atoms with van der Waals surface area (Å²) < 4.78 is 26.7. The molecule has 1 N–H and O–H groups in total. The van der Waals surface area contributed by atoms with Crippen LogP contribution in [-0.4, -0.2) is 38.9 Å². The van der Waals surface area contributed by atoms with Crippen molar-refractivity contribution < 1.29 is 13.2 Å². The molecule has 1 aliphatic rings. The van der Waals surface area contributed by atoms with E-state index in [2.05, 4.69) is 4.72 Å². The fourth-order valence-corrected chi connectivity index (χ4v) is 3.46. The monoisotopic (exact) mass is 330 g/mol. The minimum atomic E-state index is -3.69. The minimum Gasteiger partial charge on any atom is -0.342 e. The first kappa shape index (κ1) is 16.3. The number of benzene rings is 1. The lowest BCUT2D eigenvalue weighted by molar-refractivity contribution is -0.130. The number of halogens is 1. The van der Waals surface area contributed by atoms with E-state index in [9.17, 15) is 13.2 Å². The molecule has 0 aliphatic carbocycles. The predicted molar refractivity (Wildman–Crippen MR) is 81.8 cm³/mol. The molecule has 1 aromatic carbocycles. The van der Waals surface area contributed by atoms with E-state index in [1.54, 1.807) is 11.8 Å². The van der Waals surface area contributed by atoms with E-state index in [-0.39, 0.29) is 17.3 Å². The van der Waals surface area contributed by atoms with Crippen molar-refractivity contribution in [1.29, 1.82) is 0 Å². The van der Waals surface area contributed by atoms with Crippen molar-refractivity contribution in [3.63, 3.8) is 0 Å². The number of aryl methyl sites for hydroxylation is 1. The number of carbonyl (C=O) groups excluding carboxylic acids is 1. The number of rotatable bonds is 4. The Labute approximate surface area is 130 Å². The van der Waals surface area contributed by atoms with Gasteiger partial charge in [-0.15, -0.1) is 0 Å². The lowest BCUT2D eigenvalue weighted by Crippen LogP contribution is -2.42. The standard InChI is InChI=1S/C14H19ClN2O3S/c1-11-9-12(5-6-13(11)15)21(19,20)16-10-14(18)17-7-3-2-4-8-17/h5-6,9,16H,2-4,7-8,10H2,1H3. The Bertz CT molecular complexity index is 625. The van der Waals surface area contributed by atoms with Gasteiger partial charge in [0, 0.05) is 18.1 Å². The predicted octanol–water partition coefficient (Wildman–Crippen LogP) is 1.94. The SMILES string of the molecule is Cc1cc(S(=O)(=O)NCC(=O)N2CCCCC2)ccc1Cl. The van der Waals surface area contributed by atoms with Gasteiger partial charge in [-0.3, -0.25) is 4.79 Å². The number of piperidine rings is 1. The van der Waals surface area contributed by atoms with Crippen LogP contribution in [0.3, 0.4) is 0 Å². The third kappa shape index (κ3) is 4.18. The number of amides is 1. The maximum Gasteiger partial charge on any atom is 0.241 e. The van der Waals surface area contributed by atoms with Crippen LogP contribution < -0.4 is 4.72 Å². The summed E-state index contributed by atoms with van der Waals surface area (Å²) in [5.74, 6) is -0.177. The molecule has 0 saturated carbocycles. The highest BCUT2D eigenvalue weighted by Crippen LogP contribution is 2.19. The number of nitrogens with zero attached hydrogens (tertiary/aromatic N) is 1. The van der Waals surface area contributed by atoms with E-state index in [0.29, 0.717) is 23.7 Å². The lowest BCUT2D eigenvalue weighted by Gasteiger charge is -2.26. The summed E-state index contributed by atoms with van der Waals surface area (Å²) in [6, 6.07) is 4.47. The smallest absolute Gasteiger partial charge is 0.241 e. The Balaban J connectivity index is 2.00. The largest absolute Gasteiger partial charge is 0.342 e. The third-order valence-corrected chi connectivity index (χ3v) is 5.38. The normalized spacial score (nSPS) is 16.0. The number of likely N-dealkylation sites (tertiary alicyclic amines) is 1. The quantitative estimate of drug-likeness (QED) is 0.917. The molecule has 1 aromatic rings. The summed E-state index contributed by atoms with van der Waals surface area (Å²) in [6.45, 7) is 2.95. The Morgan fingerprint density at radius 3 is 2.57 bits per heavy atom. The van der Waals surface area contributed by atoms with Crippen LogP contribution in [0.25, 0.3) is 0 Å². The molecule has 2 rings (SSSR count). The summed E-state index contributed by atoms with van der Waals surface area (Å²) in [7, 11) is -3.69. The molecule has 0 bridgehead atoms. The van der Waals surface area contributed by atoms with Gasteiger partial charge < -0.3 is 4.90 Å². The van der Waals surface area contributed by atoms with Crippen LogP contribution in [0.4, 0.5) is 0 Å². The van der Waals surface area contributed by atoms with Crippen molar-refractivity contribution in [3.8, 4) is 0 Å². The first-order valence-corrected chi connectivity index (χ1v) is 8.80. The van der Waals surface area contributed by atoms with E-state index in [0.717, 1.165) is 19.3 Å². The lowest BCUT2D eigenvalue weighted by atomic mass is 10.1. The van der Waals surface area contributed by atoms with Gasteiger partial charge in [0.25, 0.3) is 0 Å². The fourth-order valence-electron chi connectivity index (χ4n) is 2.28. The second-order valence-corrected chi connectivity index (χ2v) is 7.35. The number of hydrogen-bond donors (Lipinski definition) is 1. The number of nitrogens with one attached hydrogen (secondary N) is 1. The molecule has 0 unspecified atom stereocenters. The fraction of sp³-hybridized carbons (Fsp3) is 0.500. The van der Waals surface area contributed by atoms with Gasteiger partial charge in [0.1, 0.15) is 0 Å². The number of carbonyl (C=O) groups is 1. The maximum absolute atomic E-state index is 12.2. The van der Waals surface area contributed by atoms with Gasteiger partial charge in [-0.25, -0.2) is 13.1 Å². The zero-order chi connectivity index (χ0) is 15.5. The molecule has 1 amide bonds. The molecule has 0 aromatic heterocycles. The highest BCUT2D eigenvalue weighted by molar-refractivity contribution is 7.89. The second-order valence-electron chi connectivity index (χ2n) is 5.18. The van der Waals surface area contributed by atoms with E-state index < -0.39 is 10.0 Å². The average molecular weight is 331 g/mol. The van der Waals surface area contributed by atoms with Gasteiger partial charge in [-0.1, -0.05) is 11.6 Å². The maximum atomic E-state index is 12.2. The van der Waals surface area contributed by atoms with E-state index in [1.165, 1.54) is 18.2 Å². The molecule has 116 valence electrons. The minimum absolute atomic E-state index is 0.121. The van der Waals surface area contributed by atoms with Gasteiger partial charge >= 0.3 is 0 Å². The van der Waals surface area contributed by atoms with Crippen molar-refractivity contribution in [2.75, 3.05) is 19.6 Å². The van der Waals surface area contributed by atoms with Gasteiger partial charge in [0.2, 0.25) is 15.9 Å². The molecule has 7 heteroatoms. The summed E-state index contributed by atoms with van der Waals surface area (Å²) in [5.41, 5.74) is 0.682. The highest BCUT2D eigenvalue weighted by atomic mass is 35.5. The Hall–Kier alpha value is -1.11. The van der Waals surface area contributed by atoms with Crippen molar-refractivity contribution in [2.45, 2.75) is 31.1 Å². The molecule has 1 saturated heterocycles. The van der Waals surface area contributed by atoms with Crippen molar-refractivity contribution in [2.24, 2.45) is 0 Å². The van der Waals surface area contributed by atoms with Crippen LogP contribution in [0.1, 0.15) is 24.8 Å². The molecule has 5 nitrogen and oxygen atoms in total. The topological polar surface area (TPSA) is 66.5 Å². The molecule has 21 heavy (non-hydrogen) atoms. The van der Waals surface area contributed by atoms with Crippen LogP contribution in [0.5, 0.6) is 0 Å². The zero-order valence-corrected chi connectivity index (χ0v) is 13.5. The van der Waals surface area contributed by atoms with Crippen LogP contribution in [0.2, 0.25) is 5.02 Å². The first-order chi connectivity index (χ1) is 9.90. The van der Waals surface area contributed by atoms with Gasteiger partial charge in [0.05, 0.1) is 11.4 Å². The van der Waals surface area contributed by atoms with Crippen LogP contribution in [-0.2, 0) is 14.8 Å². The molecule has 1 aliphatic heterocycles. The van der Waals surface area contributed by atoms with Gasteiger partial charge in [-0.05, 0) is 49.9 Å². The summed E-state index contributed by atoms with van der Waals surface area (Å²) >= 11 is 5.88. The van der Waals surface area contributed by atoms with Gasteiger partial charge in [0.15, 0.2) is 0 Å². The first-order valence-electron chi connectivity index (χ1n) is 6.94. The van der Waals surface area contributed by atoms with Crippen molar-refractivity contribution in [3.05, 3.63) is 28.8 Å². The number of sulfonamides is 1. The molecule has 0 radical (unpaired) electrons. The average Bonchev–Trinajstić information content (AvgIpc) is 2.48. The molecule has 1 heterocycles. The number of hydrogen-bond acceptors (Lipinski definition) is 3. The molecule has 1 fully saturated rings. The Morgan fingerprint density at radius 2 is 1.95 bits per heavy atom. The van der Waals surface area contributed by atoms with E-state index in [4.69, 9.17) is 11.6 Å². The van der Waals surface area contributed by atoms with Crippen molar-refractivity contribution in [1.82, 2.24) is 9.62 Å². The molecule has 0 spiro atoms. The summed E-state index contributed by atoms with van der Waals surface area (Å²) in [4.78, 5) is 13.8. The van der Waals surface area contributed by atoms with Crippen LogP contribution in [0, 0.1) is 6.92 Å². The molecular weight excluding hydrogens is 312 g/mol. The Morgan fingerprint density at radius 1 is 1.29 bits per heavy atom. The van der Waals surface area contributed by atoms with Gasteiger partial charge in [-0.2, -0.15) is 0 Å². The second kappa shape index (κ2) is 6.77. The van der Waals surface area contributed by atoms with Crippen molar-refractivity contribution >= 4 is 27.5 Å². The highest BCUT2D eigenvalue weighted by Gasteiger charge is 2.20. The zero-order valence-electron chi connectivity index (χ0n) is 11.9. The molecule has 0 atom stereocenters.